The van der Waals surface area contributed by atoms with Gasteiger partial charge >= 0.3 is 11.9 Å². The van der Waals surface area contributed by atoms with Crippen LogP contribution < -0.4 is 5.32 Å². The molecule has 170 valence electrons. The SMILES string of the molecule is CC1(C)C[C@H]2C[C@@](C)(CN2[C@@H](C(=O)O)c2c[nH]c3cc(NC(=O)/C=C/C(=O)O)ccc23)C1. The molecule has 2 heterocycles. The van der Waals surface area contributed by atoms with Crippen molar-refractivity contribution in [3.8, 4) is 0 Å². The number of aliphatic carboxylic acids is 2. The van der Waals surface area contributed by atoms with Crippen molar-refractivity contribution in [2.24, 2.45) is 10.8 Å². The molecule has 3 atom stereocenters. The fourth-order valence-electron chi connectivity index (χ4n) is 6.04. The minimum Gasteiger partial charge on any atom is -0.480 e. The predicted molar refractivity (Wildman–Crippen MR) is 120 cm³/mol. The molecule has 8 heteroatoms. The first-order valence-corrected chi connectivity index (χ1v) is 10.8. The zero-order valence-corrected chi connectivity index (χ0v) is 18.5. The van der Waals surface area contributed by atoms with Crippen LogP contribution in [0.3, 0.4) is 0 Å². The number of benzene rings is 1. The second-order valence-electron chi connectivity index (χ2n) is 10.3. The lowest BCUT2D eigenvalue weighted by Crippen LogP contribution is -2.39. The summed E-state index contributed by atoms with van der Waals surface area (Å²) in [6, 6.07) is 4.69. The monoisotopic (exact) mass is 439 g/mol. The van der Waals surface area contributed by atoms with E-state index in [4.69, 9.17) is 5.11 Å². The van der Waals surface area contributed by atoms with Crippen molar-refractivity contribution >= 4 is 34.4 Å². The highest BCUT2D eigenvalue weighted by molar-refractivity contribution is 6.03. The Morgan fingerprint density at radius 3 is 2.62 bits per heavy atom. The van der Waals surface area contributed by atoms with Gasteiger partial charge in [0.05, 0.1) is 0 Å². The Kier molecular flexibility index (Phi) is 5.36. The second-order valence-corrected chi connectivity index (χ2v) is 10.3. The molecule has 2 aliphatic rings. The lowest BCUT2D eigenvalue weighted by Gasteiger charge is -2.40. The highest BCUT2D eigenvalue weighted by Crippen LogP contribution is 2.54. The minimum absolute atomic E-state index is 0.118. The number of carboxylic acids is 2. The Hall–Kier alpha value is -3.13. The van der Waals surface area contributed by atoms with Crippen LogP contribution >= 0.6 is 0 Å². The number of carbonyl (C=O) groups excluding carboxylic acids is 1. The van der Waals surface area contributed by atoms with Gasteiger partial charge in [0, 0.05) is 53.1 Å². The van der Waals surface area contributed by atoms with Gasteiger partial charge in [-0.15, -0.1) is 0 Å². The van der Waals surface area contributed by atoms with Gasteiger partial charge in [-0.25, -0.2) is 4.79 Å². The number of aromatic amines is 1. The van der Waals surface area contributed by atoms with Crippen molar-refractivity contribution < 1.29 is 24.6 Å². The van der Waals surface area contributed by atoms with Gasteiger partial charge in [0.25, 0.3) is 0 Å². The minimum atomic E-state index is -1.20. The van der Waals surface area contributed by atoms with Crippen molar-refractivity contribution in [3.63, 3.8) is 0 Å². The number of carboxylic acid groups (broad SMARTS) is 2. The van der Waals surface area contributed by atoms with E-state index in [-0.39, 0.29) is 16.9 Å². The zero-order valence-electron chi connectivity index (χ0n) is 18.5. The van der Waals surface area contributed by atoms with Crippen LogP contribution in [0.25, 0.3) is 10.9 Å². The van der Waals surface area contributed by atoms with Crippen LogP contribution in [0.15, 0.2) is 36.5 Å². The Morgan fingerprint density at radius 1 is 1.19 bits per heavy atom. The highest BCUT2D eigenvalue weighted by atomic mass is 16.4. The lowest BCUT2D eigenvalue weighted by molar-refractivity contribution is -0.144. The van der Waals surface area contributed by atoms with E-state index in [0.29, 0.717) is 16.8 Å². The zero-order chi connectivity index (χ0) is 23.3. The Morgan fingerprint density at radius 2 is 1.94 bits per heavy atom. The third kappa shape index (κ3) is 4.27. The molecule has 4 rings (SSSR count). The Bertz CT molecular complexity index is 1120. The lowest BCUT2D eigenvalue weighted by atomic mass is 9.65. The molecule has 1 aromatic heterocycles. The number of likely N-dealkylation sites (tertiary alicyclic amines) is 1. The highest BCUT2D eigenvalue weighted by Gasteiger charge is 2.52. The molecule has 1 aromatic carbocycles. The van der Waals surface area contributed by atoms with Crippen molar-refractivity contribution in [3.05, 3.63) is 42.1 Å². The van der Waals surface area contributed by atoms with E-state index in [1.165, 1.54) is 0 Å². The number of H-pyrrole nitrogens is 1. The fourth-order valence-corrected chi connectivity index (χ4v) is 6.04. The van der Waals surface area contributed by atoms with E-state index < -0.39 is 23.9 Å². The molecule has 8 nitrogen and oxygen atoms in total. The summed E-state index contributed by atoms with van der Waals surface area (Å²) in [6.07, 6.45) is 6.55. The predicted octanol–water partition coefficient (Wildman–Crippen LogP) is 3.77. The van der Waals surface area contributed by atoms with Crippen LogP contribution in [-0.2, 0) is 14.4 Å². The summed E-state index contributed by atoms with van der Waals surface area (Å²) in [6.45, 7) is 7.56. The van der Waals surface area contributed by atoms with E-state index in [1.807, 2.05) is 0 Å². The summed E-state index contributed by atoms with van der Waals surface area (Å²) < 4.78 is 0. The topological polar surface area (TPSA) is 123 Å². The van der Waals surface area contributed by atoms with Crippen molar-refractivity contribution in [1.29, 1.82) is 0 Å². The summed E-state index contributed by atoms with van der Waals surface area (Å²) in [4.78, 5) is 40.2. The molecule has 4 N–H and O–H groups in total. The van der Waals surface area contributed by atoms with Crippen molar-refractivity contribution in [1.82, 2.24) is 9.88 Å². The quantitative estimate of drug-likeness (QED) is 0.508. The average molecular weight is 440 g/mol. The molecular weight excluding hydrogens is 410 g/mol. The molecule has 2 aromatic rings. The maximum atomic E-state index is 12.5. The standard InChI is InChI=1S/C24H29N3O5/c1-23(2)9-15-10-24(3,12-23)13-27(15)21(22(31)32)17-11-25-18-8-14(4-5-16(17)18)26-19(28)6-7-20(29)30/h4-8,11,15,21,25H,9-10,12-13H2,1-3H3,(H,26,28)(H,29,30)(H,31,32)/b7-6+/t15-,21+,24+/m0/s1. The van der Waals surface area contributed by atoms with Gasteiger partial charge in [0.2, 0.25) is 5.91 Å². The van der Waals surface area contributed by atoms with Gasteiger partial charge in [0.1, 0.15) is 6.04 Å². The third-order valence-corrected chi connectivity index (χ3v) is 6.67. The Labute approximate surface area is 186 Å². The van der Waals surface area contributed by atoms with Crippen LogP contribution in [0.1, 0.15) is 51.6 Å². The van der Waals surface area contributed by atoms with Crippen molar-refractivity contribution in [2.75, 3.05) is 11.9 Å². The van der Waals surface area contributed by atoms with Crippen LogP contribution in [-0.4, -0.2) is 50.5 Å². The summed E-state index contributed by atoms with van der Waals surface area (Å²) in [5.74, 6) is -2.62. The molecule has 1 saturated heterocycles. The number of hydrogen-bond donors (Lipinski definition) is 4. The van der Waals surface area contributed by atoms with Gasteiger partial charge in [-0.1, -0.05) is 26.8 Å². The summed E-state index contributed by atoms with van der Waals surface area (Å²) in [5.41, 5.74) is 2.22. The van der Waals surface area contributed by atoms with Gasteiger partial charge < -0.3 is 20.5 Å². The maximum absolute atomic E-state index is 12.5. The maximum Gasteiger partial charge on any atom is 0.328 e. The number of anilines is 1. The largest absolute Gasteiger partial charge is 0.480 e. The van der Waals surface area contributed by atoms with Crippen LogP contribution in [0.5, 0.6) is 0 Å². The molecule has 0 spiro atoms. The van der Waals surface area contributed by atoms with Crippen molar-refractivity contribution in [2.45, 2.75) is 52.1 Å². The molecule has 1 amide bonds. The first-order valence-electron chi connectivity index (χ1n) is 10.8. The van der Waals surface area contributed by atoms with Gasteiger partial charge in [-0.05, 0) is 42.2 Å². The molecular formula is C24H29N3O5. The molecule has 0 unspecified atom stereocenters. The first-order chi connectivity index (χ1) is 15.0. The molecule has 0 radical (unpaired) electrons. The van der Waals surface area contributed by atoms with Gasteiger partial charge in [-0.3, -0.25) is 14.5 Å². The molecule has 1 saturated carbocycles. The summed E-state index contributed by atoms with van der Waals surface area (Å²) in [7, 11) is 0. The number of nitrogens with zero attached hydrogens (tertiary/aromatic N) is 1. The Balaban J connectivity index is 1.62. The van der Waals surface area contributed by atoms with E-state index in [2.05, 4.69) is 36.0 Å². The van der Waals surface area contributed by atoms with E-state index in [0.717, 1.165) is 43.3 Å². The molecule has 1 aliphatic heterocycles. The fraction of sp³-hybridized carbons (Fsp3) is 0.458. The molecule has 32 heavy (non-hydrogen) atoms. The first kappa shape index (κ1) is 22.1. The number of rotatable bonds is 6. The number of fused-ring (bicyclic) bond motifs is 3. The molecule has 2 fully saturated rings. The van der Waals surface area contributed by atoms with E-state index in [9.17, 15) is 19.5 Å². The number of hydrogen-bond acceptors (Lipinski definition) is 4. The van der Waals surface area contributed by atoms with Crippen LogP contribution in [0.4, 0.5) is 5.69 Å². The van der Waals surface area contributed by atoms with Gasteiger partial charge in [-0.2, -0.15) is 0 Å². The number of amides is 1. The van der Waals surface area contributed by atoms with Gasteiger partial charge in [0.15, 0.2) is 0 Å². The summed E-state index contributed by atoms with van der Waals surface area (Å²) >= 11 is 0. The van der Waals surface area contributed by atoms with Crippen LogP contribution in [0.2, 0.25) is 0 Å². The smallest absolute Gasteiger partial charge is 0.328 e. The van der Waals surface area contributed by atoms with E-state index >= 15 is 0 Å². The molecule has 2 bridgehead atoms. The number of nitrogens with one attached hydrogen (secondary N) is 2. The van der Waals surface area contributed by atoms with E-state index in [1.54, 1.807) is 24.4 Å². The van der Waals surface area contributed by atoms with Crippen LogP contribution in [0, 0.1) is 10.8 Å². The summed E-state index contributed by atoms with van der Waals surface area (Å²) in [5, 5.41) is 22.3. The second kappa shape index (κ2) is 7.78. The third-order valence-electron chi connectivity index (χ3n) is 6.67. The number of aromatic nitrogens is 1. The number of carbonyl (C=O) groups is 3. The average Bonchev–Trinajstić information content (AvgIpc) is 3.17. The normalized spacial score (nSPS) is 25.8. The molecule has 1 aliphatic carbocycles.